The lowest BCUT2D eigenvalue weighted by Gasteiger charge is -2.40. The molecule has 0 aliphatic heterocycles. The van der Waals surface area contributed by atoms with E-state index in [0.29, 0.717) is 11.8 Å². The first-order chi connectivity index (χ1) is 13.2. The molecule has 0 fully saturated rings. The highest BCUT2D eigenvalue weighted by atomic mass is 16.5. The van der Waals surface area contributed by atoms with Crippen molar-refractivity contribution in [3.05, 3.63) is 35.4 Å². The summed E-state index contributed by atoms with van der Waals surface area (Å²) in [4.78, 5) is 48.1. The molecule has 0 radical (unpaired) electrons. The maximum absolute atomic E-state index is 12.8. The van der Waals surface area contributed by atoms with E-state index in [1.807, 2.05) is 0 Å². The number of carboxylic acids is 1. The van der Waals surface area contributed by atoms with Gasteiger partial charge in [0.2, 0.25) is 11.4 Å². The lowest BCUT2D eigenvalue weighted by molar-refractivity contribution is -0.157. The molecular weight excluding hydrogens is 370 g/mol. The zero-order valence-electron chi connectivity index (χ0n) is 15.3. The molecule has 0 bridgehead atoms. The van der Waals surface area contributed by atoms with Crippen LogP contribution in [0.25, 0.3) is 0 Å². The summed E-state index contributed by atoms with van der Waals surface area (Å²) < 4.78 is 4.75. The number of nitrogens with one attached hydrogen (secondary N) is 1. The fourth-order valence-electron chi connectivity index (χ4n) is 2.63. The van der Waals surface area contributed by atoms with Crippen molar-refractivity contribution in [3.63, 3.8) is 0 Å². The van der Waals surface area contributed by atoms with E-state index in [0.717, 1.165) is 0 Å². The Hall–Kier alpha value is -3.15. The van der Waals surface area contributed by atoms with Crippen LogP contribution in [0.2, 0.25) is 0 Å². The van der Waals surface area contributed by atoms with E-state index < -0.39 is 35.2 Å². The zero-order valence-corrected chi connectivity index (χ0v) is 15.3. The van der Waals surface area contributed by atoms with Crippen molar-refractivity contribution in [2.45, 2.75) is 23.9 Å². The second kappa shape index (κ2) is 9.69. The van der Waals surface area contributed by atoms with E-state index >= 15 is 0 Å². The number of carbonyl (C=O) groups excluding carboxylic acids is 3. The first kappa shape index (κ1) is 22.9. The van der Waals surface area contributed by atoms with Crippen LogP contribution in [-0.4, -0.2) is 54.6 Å². The van der Waals surface area contributed by atoms with Crippen LogP contribution >= 0.6 is 0 Å². The molecule has 28 heavy (non-hydrogen) atoms. The monoisotopic (exact) mass is 393 g/mol. The Morgan fingerprint density at radius 3 is 2.32 bits per heavy atom. The number of methoxy groups -OCH3 is 1. The van der Waals surface area contributed by atoms with Gasteiger partial charge in [0.1, 0.15) is 13.0 Å². The topological polar surface area (TPSA) is 200 Å². The lowest BCUT2D eigenvalue weighted by Crippen LogP contribution is -2.76. The number of amides is 1. The number of Topliss-reactive ketones (excluding diaryl/α,β-unsaturated/α-hetero) is 1. The Morgan fingerprint density at radius 2 is 1.86 bits per heavy atom. The SMILES string of the molecule is COCNC(=O)C(N)(c1ccc(C=NN)cc1)C(N)(C(=O)O)C(=O)CCC=O. The number of rotatable bonds is 11. The van der Waals surface area contributed by atoms with Crippen LogP contribution < -0.4 is 22.6 Å². The summed E-state index contributed by atoms with van der Waals surface area (Å²) in [5, 5.41) is 15.4. The highest BCUT2D eigenvalue weighted by Crippen LogP contribution is 2.32. The van der Waals surface area contributed by atoms with E-state index in [2.05, 4.69) is 10.4 Å². The molecular formula is C17H23N5O6. The summed E-state index contributed by atoms with van der Waals surface area (Å²) in [5.41, 5.74) is 7.35. The number of aldehydes is 1. The first-order valence-electron chi connectivity index (χ1n) is 8.09. The second-order valence-electron chi connectivity index (χ2n) is 5.89. The fourth-order valence-corrected chi connectivity index (χ4v) is 2.63. The molecule has 1 aromatic rings. The highest BCUT2D eigenvalue weighted by molar-refractivity contribution is 6.15. The van der Waals surface area contributed by atoms with E-state index in [-0.39, 0.29) is 18.7 Å². The quantitative estimate of drug-likeness (QED) is 0.0717. The van der Waals surface area contributed by atoms with Gasteiger partial charge in [-0.2, -0.15) is 5.10 Å². The van der Waals surface area contributed by atoms with Crippen molar-refractivity contribution in [1.82, 2.24) is 5.32 Å². The summed E-state index contributed by atoms with van der Waals surface area (Å²) in [5.74, 6) is 1.15. The van der Waals surface area contributed by atoms with Gasteiger partial charge in [-0.25, -0.2) is 4.79 Å². The predicted octanol–water partition coefficient (Wildman–Crippen LogP) is -1.82. The van der Waals surface area contributed by atoms with E-state index in [1.165, 1.54) is 37.6 Å². The Bertz CT molecular complexity index is 766. The number of hydrogen-bond donors (Lipinski definition) is 5. The molecule has 1 aromatic carbocycles. The van der Waals surface area contributed by atoms with Crippen molar-refractivity contribution >= 4 is 30.2 Å². The fraction of sp³-hybridized carbons (Fsp3) is 0.353. The molecule has 2 unspecified atom stereocenters. The minimum absolute atomic E-state index is 0.0420. The van der Waals surface area contributed by atoms with Gasteiger partial charge in [0.05, 0.1) is 6.21 Å². The maximum atomic E-state index is 12.8. The molecule has 0 saturated heterocycles. The Labute approximate surface area is 160 Å². The number of nitrogens with zero attached hydrogens (tertiary/aromatic N) is 1. The number of benzene rings is 1. The number of aliphatic carboxylic acids is 1. The number of carboxylic acid groups (broad SMARTS) is 1. The van der Waals surface area contributed by atoms with Gasteiger partial charge in [-0.1, -0.05) is 24.3 Å². The molecule has 0 heterocycles. The third kappa shape index (κ3) is 4.22. The average Bonchev–Trinajstić information content (AvgIpc) is 2.69. The van der Waals surface area contributed by atoms with Crippen molar-refractivity contribution in [1.29, 1.82) is 0 Å². The van der Waals surface area contributed by atoms with Crippen molar-refractivity contribution in [2.75, 3.05) is 13.8 Å². The average molecular weight is 393 g/mol. The number of hydrogen-bond acceptors (Lipinski definition) is 9. The van der Waals surface area contributed by atoms with Gasteiger partial charge in [-0.15, -0.1) is 0 Å². The van der Waals surface area contributed by atoms with E-state index in [1.54, 1.807) is 0 Å². The number of ketones is 1. The van der Waals surface area contributed by atoms with Gasteiger partial charge in [0.25, 0.3) is 0 Å². The number of carbonyl (C=O) groups is 4. The van der Waals surface area contributed by atoms with Gasteiger partial charge in [0.15, 0.2) is 11.3 Å². The Kier molecular flexibility index (Phi) is 7.92. The van der Waals surface area contributed by atoms with E-state index in [9.17, 15) is 24.3 Å². The molecule has 0 spiro atoms. The highest BCUT2D eigenvalue weighted by Gasteiger charge is 2.62. The third-order valence-corrected chi connectivity index (χ3v) is 4.21. The van der Waals surface area contributed by atoms with Crippen LogP contribution in [0.5, 0.6) is 0 Å². The summed E-state index contributed by atoms with van der Waals surface area (Å²) in [6.07, 6.45) is 0.979. The molecule has 1 amide bonds. The van der Waals surface area contributed by atoms with Crippen LogP contribution in [0, 0.1) is 0 Å². The van der Waals surface area contributed by atoms with Gasteiger partial charge >= 0.3 is 5.97 Å². The summed E-state index contributed by atoms with van der Waals surface area (Å²) >= 11 is 0. The van der Waals surface area contributed by atoms with Crippen LogP contribution in [0.3, 0.4) is 0 Å². The Morgan fingerprint density at radius 1 is 1.25 bits per heavy atom. The maximum Gasteiger partial charge on any atom is 0.334 e. The number of ether oxygens (including phenoxy) is 1. The van der Waals surface area contributed by atoms with Crippen molar-refractivity contribution in [3.8, 4) is 0 Å². The minimum atomic E-state index is -2.85. The molecule has 1 rings (SSSR count). The third-order valence-electron chi connectivity index (χ3n) is 4.21. The van der Waals surface area contributed by atoms with Crippen LogP contribution in [0.4, 0.5) is 0 Å². The van der Waals surface area contributed by atoms with Crippen molar-refractivity contribution in [2.24, 2.45) is 22.4 Å². The standard InChI is InChI=1S/C17H23N5O6/c1-28-10-21-14(25)16(18,12-6-4-11(5-7-12)9-22-20)17(19,15(26)27)13(24)3-2-8-23/h4-9H,2-3,10,18-20H2,1H3,(H,21,25)(H,26,27). The van der Waals surface area contributed by atoms with Crippen LogP contribution in [-0.2, 0) is 29.5 Å². The van der Waals surface area contributed by atoms with Crippen molar-refractivity contribution < 1.29 is 29.0 Å². The predicted molar refractivity (Wildman–Crippen MR) is 99.0 cm³/mol. The molecule has 0 aliphatic carbocycles. The van der Waals surface area contributed by atoms with Crippen LogP contribution in [0.15, 0.2) is 29.4 Å². The molecule has 152 valence electrons. The smallest absolute Gasteiger partial charge is 0.334 e. The molecule has 2 atom stereocenters. The molecule has 0 aromatic heterocycles. The van der Waals surface area contributed by atoms with Crippen LogP contribution in [0.1, 0.15) is 24.0 Å². The van der Waals surface area contributed by atoms with Gasteiger partial charge in [-0.05, 0) is 11.1 Å². The molecule has 11 heteroatoms. The summed E-state index contributed by atoms with van der Waals surface area (Å²) in [6.45, 7) is -0.298. The molecule has 11 nitrogen and oxygen atoms in total. The molecule has 0 aliphatic rings. The molecule has 8 N–H and O–H groups in total. The van der Waals surface area contributed by atoms with Gasteiger partial charge in [0, 0.05) is 20.0 Å². The minimum Gasteiger partial charge on any atom is -0.479 e. The zero-order chi connectivity index (χ0) is 21.4. The summed E-state index contributed by atoms with van der Waals surface area (Å²) in [6, 6.07) is 5.60. The second-order valence-corrected chi connectivity index (χ2v) is 5.89. The number of hydrazone groups is 1. The lowest BCUT2D eigenvalue weighted by atomic mass is 9.69. The largest absolute Gasteiger partial charge is 0.479 e. The van der Waals surface area contributed by atoms with Gasteiger partial charge in [-0.3, -0.25) is 9.59 Å². The summed E-state index contributed by atoms with van der Waals surface area (Å²) in [7, 11) is 1.29. The first-order valence-corrected chi connectivity index (χ1v) is 8.09. The van der Waals surface area contributed by atoms with Gasteiger partial charge < -0.3 is 37.3 Å². The Balaban J connectivity index is 3.62. The molecule has 0 saturated carbocycles. The van der Waals surface area contributed by atoms with E-state index in [4.69, 9.17) is 22.0 Å². The normalized spacial score (nSPS) is 15.4. The number of nitrogens with two attached hydrogens (primary N) is 3.